The van der Waals surface area contributed by atoms with Crippen molar-refractivity contribution in [2.24, 2.45) is 0 Å². The molecule has 2 nitrogen and oxygen atoms in total. The van der Waals surface area contributed by atoms with Crippen LogP contribution in [0.2, 0.25) is 5.02 Å². The minimum Gasteiger partial charge on any atom is -0.289 e. The molecule has 0 aliphatic heterocycles. The van der Waals surface area contributed by atoms with Gasteiger partial charge >= 0.3 is 0 Å². The number of carbonyl (C=O) groups is 1. The highest BCUT2D eigenvalue weighted by atomic mass is 35.5. The summed E-state index contributed by atoms with van der Waals surface area (Å²) < 4.78 is 0. The topological polar surface area (TPSA) is 21.4 Å². The second-order valence-corrected chi connectivity index (χ2v) is 5.35. The smallest absolute Gasteiger partial charge is 0.195 e. The Labute approximate surface area is 109 Å². The lowest BCUT2D eigenvalue weighted by molar-refractivity contribution is 0.104. The summed E-state index contributed by atoms with van der Waals surface area (Å²) in [5.74, 6) is -0.0516. The number of Topliss-reactive ketones (excluding diaryl/α,β-unsaturated/α-hetero) is 1. The number of rotatable bonds is 0. The highest BCUT2D eigenvalue weighted by Crippen LogP contribution is 2.46. The minimum absolute atomic E-state index is 0.0516. The van der Waals surface area contributed by atoms with Gasteiger partial charge in [0.1, 0.15) is 0 Å². The van der Waals surface area contributed by atoms with Crippen LogP contribution in [0, 0.1) is 6.57 Å². The van der Waals surface area contributed by atoms with Crippen LogP contribution < -0.4 is 0 Å². The molecule has 0 fully saturated rings. The highest BCUT2D eigenvalue weighted by molar-refractivity contribution is 7.12. The molecule has 1 aliphatic carbocycles. The van der Waals surface area contributed by atoms with Crippen molar-refractivity contribution in [1.82, 2.24) is 0 Å². The van der Waals surface area contributed by atoms with Crippen LogP contribution in [-0.2, 0) is 0 Å². The largest absolute Gasteiger partial charge is 0.289 e. The Morgan fingerprint density at radius 2 is 2.00 bits per heavy atom. The molecule has 1 aliphatic rings. The molecule has 0 amide bonds. The van der Waals surface area contributed by atoms with Crippen molar-refractivity contribution in [1.29, 1.82) is 0 Å². The lowest BCUT2D eigenvalue weighted by atomic mass is 10.0. The molecule has 0 bridgehead atoms. The second kappa shape index (κ2) is 4.14. The van der Waals surface area contributed by atoms with Gasteiger partial charge in [0.05, 0.1) is 17.2 Å². The second-order valence-electron chi connectivity index (χ2n) is 4.06. The monoisotopic (exact) mass is 263 g/mol. The maximum absolute atomic E-state index is 12.3. The Bertz CT molecular complexity index is 624. The van der Waals surface area contributed by atoms with E-state index in [0.717, 1.165) is 16.0 Å². The number of allylic oxidation sites excluding steroid dienone is 4. The summed E-state index contributed by atoms with van der Waals surface area (Å²) in [6, 6.07) is 0. The molecule has 17 heavy (non-hydrogen) atoms. The first-order chi connectivity index (χ1) is 7.99. The van der Waals surface area contributed by atoms with E-state index in [1.165, 1.54) is 11.3 Å². The van der Waals surface area contributed by atoms with Gasteiger partial charge in [0.15, 0.2) is 11.5 Å². The van der Waals surface area contributed by atoms with Gasteiger partial charge in [-0.15, -0.1) is 11.3 Å². The maximum atomic E-state index is 12.3. The molecule has 0 saturated carbocycles. The number of hydrogen-bond donors (Lipinski definition) is 0. The zero-order valence-corrected chi connectivity index (χ0v) is 11.3. The summed E-state index contributed by atoms with van der Waals surface area (Å²) in [6.07, 6.45) is 0. The Kier molecular flexibility index (Phi) is 2.94. The molecule has 1 heterocycles. The van der Waals surface area contributed by atoms with Gasteiger partial charge in [0.25, 0.3) is 0 Å². The van der Waals surface area contributed by atoms with Gasteiger partial charge in [-0.05, 0) is 20.8 Å². The lowest BCUT2D eigenvalue weighted by Crippen LogP contribution is -1.98. The van der Waals surface area contributed by atoms with Crippen LogP contribution in [0.15, 0.2) is 22.2 Å². The van der Waals surface area contributed by atoms with Gasteiger partial charge < -0.3 is 0 Å². The van der Waals surface area contributed by atoms with Crippen molar-refractivity contribution in [3.05, 3.63) is 49.1 Å². The van der Waals surface area contributed by atoms with Crippen molar-refractivity contribution in [3.63, 3.8) is 0 Å². The fourth-order valence-corrected chi connectivity index (χ4v) is 3.36. The number of fused-ring (bicyclic) bond motifs is 1. The van der Waals surface area contributed by atoms with Gasteiger partial charge in [0, 0.05) is 21.4 Å². The summed E-state index contributed by atoms with van der Waals surface area (Å²) in [5, 5.41) is 2.24. The number of thiophene rings is 1. The number of hydrogen-bond acceptors (Lipinski definition) is 2. The van der Waals surface area contributed by atoms with E-state index in [4.69, 9.17) is 18.2 Å². The molecule has 1 aromatic rings. The van der Waals surface area contributed by atoms with Crippen LogP contribution in [0.1, 0.15) is 36.0 Å². The van der Waals surface area contributed by atoms with Crippen molar-refractivity contribution in [2.75, 3.05) is 0 Å². The van der Waals surface area contributed by atoms with Crippen molar-refractivity contribution < 1.29 is 4.79 Å². The average Bonchev–Trinajstić information content (AvgIpc) is 2.78. The fourth-order valence-electron chi connectivity index (χ4n) is 1.96. The van der Waals surface area contributed by atoms with E-state index < -0.39 is 0 Å². The Morgan fingerprint density at radius 1 is 1.35 bits per heavy atom. The molecule has 4 heteroatoms. The molecular weight excluding hydrogens is 254 g/mol. The third-order valence-corrected chi connectivity index (χ3v) is 4.13. The molecule has 2 rings (SSSR count). The normalized spacial score (nSPS) is 16.9. The zero-order valence-electron chi connectivity index (χ0n) is 9.72. The molecule has 0 atom stereocenters. The predicted octanol–water partition coefficient (Wildman–Crippen LogP) is 4.58. The molecule has 0 N–H and O–H groups in total. The van der Waals surface area contributed by atoms with Crippen LogP contribution in [-0.4, -0.2) is 5.78 Å². The first-order valence-corrected chi connectivity index (χ1v) is 6.33. The van der Waals surface area contributed by atoms with Gasteiger partial charge in [-0.1, -0.05) is 17.2 Å². The van der Waals surface area contributed by atoms with E-state index in [1.54, 1.807) is 12.3 Å². The molecule has 0 unspecified atom stereocenters. The SMILES string of the molecule is [C-]#[N+]/C(C)=C1/C(=C(C)C)C(=O)c2c(Cl)csc21. The number of nitrogens with zero attached hydrogens (tertiary/aromatic N) is 1. The van der Waals surface area contributed by atoms with Crippen LogP contribution in [0.4, 0.5) is 0 Å². The van der Waals surface area contributed by atoms with Crippen LogP contribution in [0.5, 0.6) is 0 Å². The van der Waals surface area contributed by atoms with E-state index >= 15 is 0 Å². The van der Waals surface area contributed by atoms with E-state index in [1.807, 2.05) is 13.8 Å². The van der Waals surface area contributed by atoms with E-state index in [-0.39, 0.29) is 5.78 Å². The lowest BCUT2D eigenvalue weighted by Gasteiger charge is -2.04. The molecule has 0 spiro atoms. The molecule has 0 saturated heterocycles. The van der Waals surface area contributed by atoms with Crippen LogP contribution >= 0.6 is 22.9 Å². The first kappa shape index (κ1) is 12.1. The third-order valence-electron chi connectivity index (χ3n) is 2.71. The van der Waals surface area contributed by atoms with Gasteiger partial charge in [-0.25, -0.2) is 4.85 Å². The Balaban J connectivity index is 2.87. The summed E-state index contributed by atoms with van der Waals surface area (Å²) in [6.45, 7) is 12.6. The number of carbonyl (C=O) groups excluding carboxylic acids is 1. The predicted molar refractivity (Wildman–Crippen MR) is 71.2 cm³/mol. The van der Waals surface area contributed by atoms with Gasteiger partial charge in [0.2, 0.25) is 0 Å². The van der Waals surface area contributed by atoms with Crippen molar-refractivity contribution in [3.8, 4) is 0 Å². The molecule has 0 aromatic carbocycles. The fraction of sp³-hybridized carbons (Fsp3) is 0.231. The summed E-state index contributed by atoms with van der Waals surface area (Å²) in [4.78, 5) is 16.6. The van der Waals surface area contributed by atoms with E-state index in [0.29, 0.717) is 21.9 Å². The molecular formula is C13H10ClNOS. The first-order valence-electron chi connectivity index (χ1n) is 5.07. The highest BCUT2D eigenvalue weighted by Gasteiger charge is 2.35. The maximum Gasteiger partial charge on any atom is 0.195 e. The number of ketones is 1. The van der Waals surface area contributed by atoms with Crippen molar-refractivity contribution >= 4 is 34.3 Å². The molecule has 0 radical (unpaired) electrons. The van der Waals surface area contributed by atoms with Crippen LogP contribution in [0.25, 0.3) is 10.4 Å². The Morgan fingerprint density at radius 3 is 2.53 bits per heavy atom. The minimum atomic E-state index is -0.0516. The summed E-state index contributed by atoms with van der Waals surface area (Å²) in [7, 11) is 0. The molecule has 86 valence electrons. The third kappa shape index (κ3) is 1.65. The molecule has 1 aromatic heterocycles. The van der Waals surface area contributed by atoms with Gasteiger partial charge in [-0.3, -0.25) is 4.79 Å². The summed E-state index contributed by atoms with van der Waals surface area (Å²) in [5.41, 5.74) is 3.43. The van der Waals surface area contributed by atoms with E-state index in [9.17, 15) is 4.79 Å². The Hall–Kier alpha value is -1.37. The standard InChI is InChI=1S/C13H10ClNOS/c1-6(2)9-10(7(3)15-4)13-11(12(9)16)8(14)5-17-13/h5H,1-3H3/b10-7-. The average molecular weight is 264 g/mol. The quantitative estimate of drug-likeness (QED) is 0.496. The van der Waals surface area contributed by atoms with Crippen molar-refractivity contribution in [2.45, 2.75) is 20.8 Å². The number of halogens is 1. The zero-order chi connectivity index (χ0) is 12.7. The van der Waals surface area contributed by atoms with E-state index in [2.05, 4.69) is 4.85 Å². The van der Waals surface area contributed by atoms with Crippen LogP contribution in [0.3, 0.4) is 0 Å². The summed E-state index contributed by atoms with van der Waals surface area (Å²) >= 11 is 7.46. The van der Waals surface area contributed by atoms with Gasteiger partial charge in [-0.2, -0.15) is 0 Å².